The highest BCUT2D eigenvalue weighted by Gasteiger charge is 2.43. The number of benzene rings is 1. The zero-order valence-electron chi connectivity index (χ0n) is 11.1. The van der Waals surface area contributed by atoms with Gasteiger partial charge in [0.25, 0.3) is 0 Å². The molecule has 4 heteroatoms. The number of nitrogens with zero attached hydrogens (tertiary/aromatic N) is 1. The highest BCUT2D eigenvalue weighted by molar-refractivity contribution is 5.95. The van der Waals surface area contributed by atoms with E-state index in [2.05, 4.69) is 6.58 Å². The van der Waals surface area contributed by atoms with Crippen molar-refractivity contribution in [3.05, 3.63) is 48.6 Å². The van der Waals surface area contributed by atoms with Crippen LogP contribution < -0.4 is 0 Å². The van der Waals surface area contributed by atoms with Gasteiger partial charge in [-0.3, -0.25) is 4.79 Å². The Morgan fingerprint density at radius 1 is 1.42 bits per heavy atom. The van der Waals surface area contributed by atoms with E-state index in [4.69, 9.17) is 4.74 Å². The molecule has 2 amide bonds. The van der Waals surface area contributed by atoms with Gasteiger partial charge in [0.05, 0.1) is 12.0 Å². The van der Waals surface area contributed by atoms with Crippen molar-refractivity contribution in [3.63, 3.8) is 0 Å². The second-order valence-electron chi connectivity index (χ2n) is 4.69. The van der Waals surface area contributed by atoms with Crippen molar-refractivity contribution in [1.29, 1.82) is 0 Å². The lowest BCUT2D eigenvalue weighted by atomic mass is 10.0. The molecule has 1 fully saturated rings. The van der Waals surface area contributed by atoms with Gasteiger partial charge in [-0.25, -0.2) is 9.69 Å². The second-order valence-corrected chi connectivity index (χ2v) is 4.69. The van der Waals surface area contributed by atoms with E-state index in [1.165, 1.54) is 11.0 Å². The molecular weight excluding hydrogens is 242 g/mol. The number of rotatable bonds is 3. The third-order valence-corrected chi connectivity index (χ3v) is 3.38. The molecule has 0 aromatic heterocycles. The van der Waals surface area contributed by atoms with Crippen LogP contribution in [0.1, 0.15) is 25.5 Å². The maximum absolute atomic E-state index is 12.1. The lowest BCUT2D eigenvalue weighted by Crippen LogP contribution is -2.40. The van der Waals surface area contributed by atoms with Crippen LogP contribution in [0.2, 0.25) is 0 Å². The topological polar surface area (TPSA) is 46.6 Å². The molecule has 100 valence electrons. The van der Waals surface area contributed by atoms with Crippen LogP contribution in [0.5, 0.6) is 0 Å². The number of amides is 2. The first kappa shape index (κ1) is 13.3. The van der Waals surface area contributed by atoms with E-state index in [0.29, 0.717) is 0 Å². The fourth-order valence-corrected chi connectivity index (χ4v) is 2.17. The van der Waals surface area contributed by atoms with Crippen molar-refractivity contribution >= 4 is 12.0 Å². The Bertz CT molecular complexity index is 497. The second kappa shape index (κ2) is 5.26. The molecule has 2 rings (SSSR count). The molecule has 1 aromatic rings. The van der Waals surface area contributed by atoms with Gasteiger partial charge in [-0.1, -0.05) is 43.3 Å². The van der Waals surface area contributed by atoms with Crippen LogP contribution in [0.25, 0.3) is 0 Å². The number of hydrogen-bond acceptors (Lipinski definition) is 3. The first-order chi connectivity index (χ1) is 9.06. The average molecular weight is 259 g/mol. The summed E-state index contributed by atoms with van der Waals surface area (Å²) in [6.45, 7) is 7.11. The molecular formula is C15H17NO3. The maximum atomic E-state index is 12.1. The van der Waals surface area contributed by atoms with Crippen LogP contribution >= 0.6 is 0 Å². The molecule has 1 saturated heterocycles. The molecule has 3 atom stereocenters. The van der Waals surface area contributed by atoms with Gasteiger partial charge in [0.15, 0.2) is 0 Å². The molecule has 1 aromatic carbocycles. The Hall–Kier alpha value is -2.10. The summed E-state index contributed by atoms with van der Waals surface area (Å²) in [5.74, 6) is -0.671. The van der Waals surface area contributed by atoms with Gasteiger partial charge in [0, 0.05) is 0 Å². The molecule has 4 nitrogen and oxygen atoms in total. The molecule has 19 heavy (non-hydrogen) atoms. The van der Waals surface area contributed by atoms with Gasteiger partial charge in [0.2, 0.25) is 5.91 Å². The van der Waals surface area contributed by atoms with Crippen molar-refractivity contribution in [1.82, 2.24) is 4.90 Å². The van der Waals surface area contributed by atoms with Gasteiger partial charge in [0.1, 0.15) is 6.10 Å². The summed E-state index contributed by atoms with van der Waals surface area (Å²) in [7, 11) is 0. The largest absolute Gasteiger partial charge is 0.439 e. The summed E-state index contributed by atoms with van der Waals surface area (Å²) < 4.78 is 5.32. The summed E-state index contributed by atoms with van der Waals surface area (Å²) in [6.07, 6.45) is 0.535. The van der Waals surface area contributed by atoms with Crippen molar-refractivity contribution in [2.24, 2.45) is 5.92 Å². The molecule has 0 radical (unpaired) electrons. The first-order valence-electron chi connectivity index (χ1n) is 6.27. The van der Waals surface area contributed by atoms with Crippen LogP contribution in [-0.4, -0.2) is 22.9 Å². The van der Waals surface area contributed by atoms with Gasteiger partial charge in [-0.2, -0.15) is 0 Å². The smallest absolute Gasteiger partial charge is 0.417 e. The third-order valence-electron chi connectivity index (χ3n) is 3.38. The standard InChI is InChI=1S/C15H17NO3/c1-4-10(2)14(17)16-11(3)13(19-15(16)18)12-8-6-5-7-9-12/h4-11,13H,1H2,2-3H3/t10?,11-,13-/m1/s1. The van der Waals surface area contributed by atoms with E-state index in [1.807, 2.05) is 37.3 Å². The van der Waals surface area contributed by atoms with E-state index >= 15 is 0 Å². The SMILES string of the molecule is C=CC(C)C(=O)N1C(=O)O[C@@H](c2ccccc2)[C@H]1C. The molecule has 0 bridgehead atoms. The predicted octanol–water partition coefficient (Wildman–Crippen LogP) is 2.92. The molecule has 0 spiro atoms. The Labute approximate surface area is 112 Å². The van der Waals surface area contributed by atoms with Gasteiger partial charge >= 0.3 is 6.09 Å². The first-order valence-corrected chi connectivity index (χ1v) is 6.27. The van der Waals surface area contributed by atoms with Crippen LogP contribution in [0, 0.1) is 5.92 Å². The van der Waals surface area contributed by atoms with E-state index in [1.54, 1.807) is 6.92 Å². The number of carbonyl (C=O) groups excluding carboxylic acids is 2. The van der Waals surface area contributed by atoms with E-state index < -0.39 is 18.1 Å². The van der Waals surface area contributed by atoms with Crippen LogP contribution in [0.4, 0.5) is 4.79 Å². The maximum Gasteiger partial charge on any atom is 0.417 e. The number of cyclic esters (lactones) is 1. The minimum Gasteiger partial charge on any atom is -0.439 e. The summed E-state index contributed by atoms with van der Waals surface area (Å²) in [4.78, 5) is 25.2. The number of carbonyl (C=O) groups is 2. The summed E-state index contributed by atoms with van der Waals surface area (Å²) in [5, 5.41) is 0. The Morgan fingerprint density at radius 2 is 2.05 bits per heavy atom. The monoisotopic (exact) mass is 259 g/mol. The van der Waals surface area contributed by atoms with Crippen LogP contribution in [0.3, 0.4) is 0 Å². The van der Waals surface area contributed by atoms with Crippen molar-refractivity contribution in [3.8, 4) is 0 Å². The zero-order valence-corrected chi connectivity index (χ0v) is 11.1. The zero-order chi connectivity index (χ0) is 14.0. The quantitative estimate of drug-likeness (QED) is 0.784. The Balaban J connectivity index is 2.24. The van der Waals surface area contributed by atoms with Gasteiger partial charge in [-0.15, -0.1) is 6.58 Å². The number of ether oxygens (including phenoxy) is 1. The Morgan fingerprint density at radius 3 is 2.63 bits per heavy atom. The van der Waals surface area contributed by atoms with Crippen LogP contribution in [0.15, 0.2) is 43.0 Å². The van der Waals surface area contributed by atoms with Crippen molar-refractivity contribution < 1.29 is 14.3 Å². The fraction of sp³-hybridized carbons (Fsp3) is 0.333. The highest BCUT2D eigenvalue weighted by Crippen LogP contribution is 2.33. The predicted molar refractivity (Wildman–Crippen MR) is 71.3 cm³/mol. The van der Waals surface area contributed by atoms with E-state index in [9.17, 15) is 9.59 Å². The van der Waals surface area contributed by atoms with Crippen LogP contribution in [-0.2, 0) is 9.53 Å². The number of hydrogen-bond donors (Lipinski definition) is 0. The summed E-state index contributed by atoms with van der Waals surface area (Å²) in [5.41, 5.74) is 0.893. The Kier molecular flexibility index (Phi) is 3.69. The minimum atomic E-state index is -0.583. The van der Waals surface area contributed by atoms with E-state index in [-0.39, 0.29) is 11.9 Å². The molecule has 0 N–H and O–H groups in total. The molecule has 0 saturated carbocycles. The fourth-order valence-electron chi connectivity index (χ4n) is 2.17. The van der Waals surface area contributed by atoms with E-state index in [0.717, 1.165) is 5.56 Å². The number of imide groups is 1. The normalized spacial score (nSPS) is 23.9. The highest BCUT2D eigenvalue weighted by atomic mass is 16.6. The molecule has 0 aliphatic carbocycles. The van der Waals surface area contributed by atoms with Crippen molar-refractivity contribution in [2.45, 2.75) is 26.0 Å². The summed E-state index contributed by atoms with van der Waals surface area (Å²) >= 11 is 0. The van der Waals surface area contributed by atoms with Crippen molar-refractivity contribution in [2.75, 3.05) is 0 Å². The molecule has 1 aliphatic heterocycles. The summed E-state index contributed by atoms with van der Waals surface area (Å²) in [6, 6.07) is 9.12. The molecule has 1 aliphatic rings. The third kappa shape index (κ3) is 2.38. The molecule has 1 heterocycles. The lowest BCUT2D eigenvalue weighted by molar-refractivity contribution is -0.131. The van der Waals surface area contributed by atoms with Gasteiger partial charge < -0.3 is 4.74 Å². The average Bonchev–Trinajstić information content (AvgIpc) is 2.73. The lowest BCUT2D eigenvalue weighted by Gasteiger charge is -2.21. The van der Waals surface area contributed by atoms with Gasteiger partial charge in [-0.05, 0) is 12.5 Å². The molecule has 1 unspecified atom stereocenters. The minimum absolute atomic E-state index is 0.272.